The van der Waals surface area contributed by atoms with Crippen molar-refractivity contribution in [3.8, 4) is 0 Å². The van der Waals surface area contributed by atoms with Crippen LogP contribution in [0.3, 0.4) is 0 Å². The molecular formula is C13H17N5. The van der Waals surface area contributed by atoms with Gasteiger partial charge in [-0.3, -0.25) is 0 Å². The number of nitrogens with one attached hydrogen (secondary N) is 1. The van der Waals surface area contributed by atoms with Crippen LogP contribution < -0.4 is 5.32 Å². The van der Waals surface area contributed by atoms with E-state index >= 15 is 0 Å². The maximum absolute atomic E-state index is 4.37. The van der Waals surface area contributed by atoms with Crippen molar-refractivity contribution < 1.29 is 0 Å². The van der Waals surface area contributed by atoms with E-state index in [-0.39, 0.29) is 0 Å². The van der Waals surface area contributed by atoms with Crippen LogP contribution in [0.25, 0.3) is 0 Å². The molecule has 2 aromatic rings. The lowest BCUT2D eigenvalue weighted by atomic mass is 9.96. The van der Waals surface area contributed by atoms with Crippen molar-refractivity contribution in [1.29, 1.82) is 0 Å². The molecule has 3 rings (SSSR count). The summed E-state index contributed by atoms with van der Waals surface area (Å²) in [6.07, 6.45) is 12.0. The van der Waals surface area contributed by atoms with E-state index in [0.29, 0.717) is 0 Å². The number of anilines is 1. The molecule has 0 unspecified atom stereocenters. The minimum absolute atomic E-state index is 0.861. The van der Waals surface area contributed by atoms with Crippen LogP contribution in [0.5, 0.6) is 0 Å². The Kier molecular flexibility index (Phi) is 3.21. The Morgan fingerprint density at radius 3 is 3.06 bits per heavy atom. The van der Waals surface area contributed by atoms with Gasteiger partial charge in [-0.1, -0.05) is 0 Å². The molecule has 1 aliphatic rings. The maximum atomic E-state index is 4.37. The lowest BCUT2D eigenvalue weighted by Crippen LogP contribution is -2.15. The van der Waals surface area contributed by atoms with Crippen LogP contribution in [0.2, 0.25) is 0 Å². The van der Waals surface area contributed by atoms with Crippen molar-refractivity contribution in [3.63, 3.8) is 0 Å². The molecule has 18 heavy (non-hydrogen) atoms. The number of fused-ring (bicyclic) bond motifs is 1. The fourth-order valence-corrected chi connectivity index (χ4v) is 2.40. The zero-order chi connectivity index (χ0) is 12.2. The van der Waals surface area contributed by atoms with Gasteiger partial charge >= 0.3 is 0 Å². The average molecular weight is 243 g/mol. The number of imidazole rings is 1. The van der Waals surface area contributed by atoms with Crippen LogP contribution >= 0.6 is 0 Å². The number of hydrogen-bond donors (Lipinski definition) is 1. The monoisotopic (exact) mass is 243 g/mol. The highest BCUT2D eigenvalue weighted by Crippen LogP contribution is 2.24. The van der Waals surface area contributed by atoms with Crippen LogP contribution in [-0.2, 0) is 19.4 Å². The number of rotatable bonds is 4. The van der Waals surface area contributed by atoms with E-state index < -0.39 is 0 Å². The molecule has 1 aliphatic carbocycles. The molecule has 2 heterocycles. The fraction of sp³-hybridized carbons (Fsp3) is 0.462. The average Bonchev–Trinajstić information content (AvgIpc) is 2.92. The molecule has 2 aromatic heterocycles. The number of aryl methyl sites for hydroxylation is 1. The molecule has 1 N–H and O–H groups in total. The second-order valence-electron chi connectivity index (χ2n) is 4.58. The molecular weight excluding hydrogens is 226 g/mol. The van der Waals surface area contributed by atoms with E-state index in [1.165, 1.54) is 24.1 Å². The van der Waals surface area contributed by atoms with Gasteiger partial charge in [-0.2, -0.15) is 0 Å². The summed E-state index contributed by atoms with van der Waals surface area (Å²) < 4.78 is 2.06. The summed E-state index contributed by atoms with van der Waals surface area (Å²) in [6, 6.07) is 0. The largest absolute Gasteiger partial charge is 0.368 e. The van der Waals surface area contributed by atoms with Gasteiger partial charge in [0, 0.05) is 36.7 Å². The van der Waals surface area contributed by atoms with Crippen molar-refractivity contribution in [2.24, 2.45) is 0 Å². The molecule has 5 heteroatoms. The van der Waals surface area contributed by atoms with E-state index in [1.54, 1.807) is 12.5 Å². The predicted octanol–water partition coefficient (Wildman–Crippen LogP) is 1.66. The van der Waals surface area contributed by atoms with E-state index in [2.05, 4.69) is 24.8 Å². The van der Waals surface area contributed by atoms with Gasteiger partial charge in [0.25, 0.3) is 0 Å². The molecule has 0 aliphatic heterocycles. The van der Waals surface area contributed by atoms with Crippen molar-refractivity contribution in [1.82, 2.24) is 19.5 Å². The molecule has 5 nitrogen and oxygen atoms in total. The quantitative estimate of drug-likeness (QED) is 0.887. The van der Waals surface area contributed by atoms with E-state index in [0.717, 1.165) is 31.7 Å². The van der Waals surface area contributed by atoms with Crippen molar-refractivity contribution in [3.05, 3.63) is 36.3 Å². The lowest BCUT2D eigenvalue weighted by Gasteiger charge is -2.18. The van der Waals surface area contributed by atoms with Gasteiger partial charge in [0.15, 0.2) is 0 Å². The minimum Gasteiger partial charge on any atom is -0.368 e. The number of aromatic nitrogens is 4. The third-order valence-corrected chi connectivity index (χ3v) is 3.35. The van der Waals surface area contributed by atoms with Gasteiger partial charge in [-0.15, -0.1) is 0 Å². The first-order chi connectivity index (χ1) is 8.93. The molecule has 0 atom stereocenters. The van der Waals surface area contributed by atoms with Crippen molar-refractivity contribution in [2.45, 2.75) is 32.2 Å². The van der Waals surface area contributed by atoms with Gasteiger partial charge in [-0.25, -0.2) is 15.0 Å². The van der Waals surface area contributed by atoms with E-state index in [9.17, 15) is 0 Å². The smallest absolute Gasteiger partial charge is 0.132 e. The Hall–Kier alpha value is -1.91. The first-order valence-electron chi connectivity index (χ1n) is 6.46. The highest BCUT2D eigenvalue weighted by molar-refractivity contribution is 5.46. The Labute approximate surface area is 106 Å². The Morgan fingerprint density at radius 2 is 2.17 bits per heavy atom. The summed E-state index contributed by atoms with van der Waals surface area (Å²) in [6.45, 7) is 1.76. The number of nitrogens with zero attached hydrogens (tertiary/aromatic N) is 4. The van der Waals surface area contributed by atoms with Gasteiger partial charge in [0.05, 0.1) is 6.33 Å². The van der Waals surface area contributed by atoms with Crippen LogP contribution in [-0.4, -0.2) is 26.1 Å². The molecule has 0 radical (unpaired) electrons. The summed E-state index contributed by atoms with van der Waals surface area (Å²) in [4.78, 5) is 12.8. The second kappa shape index (κ2) is 5.16. The number of hydrogen-bond acceptors (Lipinski definition) is 4. The fourth-order valence-electron chi connectivity index (χ4n) is 2.40. The van der Waals surface area contributed by atoms with Crippen LogP contribution in [0.4, 0.5) is 5.82 Å². The summed E-state index contributed by atoms with van der Waals surface area (Å²) >= 11 is 0. The van der Waals surface area contributed by atoms with Gasteiger partial charge in [0.1, 0.15) is 12.1 Å². The van der Waals surface area contributed by atoms with Crippen molar-refractivity contribution >= 4 is 5.82 Å². The van der Waals surface area contributed by atoms with Gasteiger partial charge < -0.3 is 9.88 Å². The van der Waals surface area contributed by atoms with E-state index in [4.69, 9.17) is 0 Å². The van der Waals surface area contributed by atoms with E-state index in [1.807, 2.05) is 12.5 Å². The van der Waals surface area contributed by atoms with Gasteiger partial charge in [-0.05, 0) is 25.7 Å². The Morgan fingerprint density at radius 1 is 1.22 bits per heavy atom. The highest BCUT2D eigenvalue weighted by atomic mass is 15.1. The Bertz CT molecular complexity index is 506. The summed E-state index contributed by atoms with van der Waals surface area (Å²) in [7, 11) is 0. The lowest BCUT2D eigenvalue weighted by molar-refractivity contribution is 0.660. The first-order valence-corrected chi connectivity index (χ1v) is 6.46. The highest BCUT2D eigenvalue weighted by Gasteiger charge is 2.14. The molecule has 94 valence electrons. The standard InChI is InChI=1S/C13H17N5/c1-2-4-12-11(3-1)13(17-9-16-12)15-6-8-18-7-5-14-10-18/h5,7,9-10H,1-4,6,8H2,(H,15,16,17). The second-order valence-corrected chi connectivity index (χ2v) is 4.58. The van der Waals surface area contributed by atoms with Crippen LogP contribution in [0.1, 0.15) is 24.1 Å². The molecule has 0 saturated heterocycles. The molecule has 0 aromatic carbocycles. The predicted molar refractivity (Wildman–Crippen MR) is 69.4 cm³/mol. The van der Waals surface area contributed by atoms with Gasteiger partial charge in [0.2, 0.25) is 0 Å². The Balaban J connectivity index is 1.65. The molecule has 0 amide bonds. The summed E-state index contributed by atoms with van der Waals surface area (Å²) in [5.41, 5.74) is 2.54. The SMILES string of the molecule is c1cn(CCNc2ncnc3c2CCCC3)cn1. The molecule has 0 saturated carbocycles. The topological polar surface area (TPSA) is 55.6 Å². The molecule has 0 fully saturated rings. The summed E-state index contributed by atoms with van der Waals surface area (Å²) in [5.74, 6) is 1.01. The third kappa shape index (κ3) is 2.34. The zero-order valence-corrected chi connectivity index (χ0v) is 10.3. The maximum Gasteiger partial charge on any atom is 0.132 e. The van der Waals surface area contributed by atoms with Crippen LogP contribution in [0.15, 0.2) is 25.0 Å². The zero-order valence-electron chi connectivity index (χ0n) is 10.3. The molecule has 0 bridgehead atoms. The molecule has 0 spiro atoms. The van der Waals surface area contributed by atoms with Crippen LogP contribution in [0, 0.1) is 0 Å². The summed E-state index contributed by atoms with van der Waals surface area (Å²) in [5, 5.41) is 3.41. The normalized spacial score (nSPS) is 14.2. The van der Waals surface area contributed by atoms with Crippen molar-refractivity contribution in [2.75, 3.05) is 11.9 Å². The first kappa shape index (κ1) is 11.2. The third-order valence-electron chi connectivity index (χ3n) is 3.35. The minimum atomic E-state index is 0.861.